The van der Waals surface area contributed by atoms with Crippen molar-refractivity contribution in [3.63, 3.8) is 0 Å². The van der Waals surface area contributed by atoms with E-state index < -0.39 is 17.5 Å². The first-order valence-corrected chi connectivity index (χ1v) is 10.9. The zero-order valence-electron chi connectivity index (χ0n) is 18.7. The molecule has 172 valence electrons. The Hall–Kier alpha value is -3.94. The highest BCUT2D eigenvalue weighted by Crippen LogP contribution is 2.38. The second-order valence-electron chi connectivity index (χ2n) is 8.43. The Labute approximate surface area is 195 Å². The van der Waals surface area contributed by atoms with Gasteiger partial charge in [-0.2, -0.15) is 0 Å². The maximum atomic E-state index is 14.9. The van der Waals surface area contributed by atoms with Crippen LogP contribution in [0.15, 0.2) is 79.1 Å². The van der Waals surface area contributed by atoms with E-state index in [2.05, 4.69) is 15.0 Å². The number of aromatic amines is 2. The fourth-order valence-electron chi connectivity index (χ4n) is 4.16. The van der Waals surface area contributed by atoms with Gasteiger partial charge in [0.2, 0.25) is 0 Å². The van der Waals surface area contributed by atoms with Gasteiger partial charge in [-0.05, 0) is 37.6 Å². The van der Waals surface area contributed by atoms with Crippen molar-refractivity contribution in [3.8, 4) is 22.9 Å². The molecule has 0 aliphatic heterocycles. The fourth-order valence-corrected chi connectivity index (χ4v) is 4.16. The minimum Gasteiger partial charge on any atom is -0.454 e. The number of aromatic nitrogens is 3. The number of aliphatic hydroxyl groups excluding tert-OH is 1. The van der Waals surface area contributed by atoms with Crippen molar-refractivity contribution in [1.82, 2.24) is 15.0 Å². The number of nitrogens with zero attached hydrogens (tertiary/aromatic N) is 1. The van der Waals surface area contributed by atoms with Crippen LogP contribution in [0.2, 0.25) is 0 Å². The summed E-state index contributed by atoms with van der Waals surface area (Å²) in [7, 11) is 0. The van der Waals surface area contributed by atoms with Crippen molar-refractivity contribution in [2.45, 2.75) is 25.6 Å². The fraction of sp³-hybridized carbons (Fsp3) is 0.148. The molecule has 2 atom stereocenters. The number of aliphatic hydroxyl groups is 2. The first-order chi connectivity index (χ1) is 16.3. The molecular formula is C27H24FN3O3. The molecule has 4 N–H and O–H groups in total. The highest BCUT2D eigenvalue weighted by molar-refractivity contribution is 5.86. The molecule has 0 aliphatic carbocycles. The molecule has 0 spiro atoms. The van der Waals surface area contributed by atoms with Crippen molar-refractivity contribution in [2.24, 2.45) is 0 Å². The second kappa shape index (κ2) is 8.44. The lowest BCUT2D eigenvalue weighted by atomic mass is 9.93. The molecule has 0 bridgehead atoms. The lowest BCUT2D eigenvalue weighted by Gasteiger charge is -2.22. The number of halogens is 1. The average Bonchev–Trinajstić information content (AvgIpc) is 3.50. The second-order valence-corrected chi connectivity index (χ2v) is 8.43. The number of nitrogens with one attached hydrogen (secondary N) is 2. The predicted octanol–water partition coefficient (Wildman–Crippen LogP) is 5.80. The standard InChI is InChI=1S/C27H24FN3O3/c1-16(32)24-20-11-12-29-22(20)14-21(28)25(24)34-19-10-6-7-17(13-19)26-30-15-23(31-26)27(2,33)18-8-4-3-5-9-18/h3-16,29,32-33H,1-2H3,(H,30,31). The molecule has 0 amide bonds. The molecule has 0 saturated heterocycles. The van der Waals surface area contributed by atoms with Crippen LogP contribution in [0.5, 0.6) is 11.5 Å². The number of H-pyrrole nitrogens is 2. The molecule has 5 rings (SSSR count). The summed E-state index contributed by atoms with van der Waals surface area (Å²) in [5.74, 6) is 0.330. The van der Waals surface area contributed by atoms with Crippen LogP contribution in [-0.2, 0) is 5.60 Å². The molecule has 7 heteroatoms. The monoisotopic (exact) mass is 457 g/mol. The Morgan fingerprint density at radius 3 is 2.62 bits per heavy atom. The largest absolute Gasteiger partial charge is 0.454 e. The predicted molar refractivity (Wildman–Crippen MR) is 128 cm³/mol. The van der Waals surface area contributed by atoms with Crippen molar-refractivity contribution in [1.29, 1.82) is 0 Å². The first kappa shape index (κ1) is 21.9. The average molecular weight is 458 g/mol. The number of imidazole rings is 1. The molecule has 0 radical (unpaired) electrons. The summed E-state index contributed by atoms with van der Waals surface area (Å²) < 4.78 is 20.9. The highest BCUT2D eigenvalue weighted by Gasteiger charge is 2.28. The summed E-state index contributed by atoms with van der Waals surface area (Å²) in [5.41, 5.74) is 1.70. The molecule has 3 aromatic carbocycles. The number of benzene rings is 3. The highest BCUT2D eigenvalue weighted by atomic mass is 19.1. The summed E-state index contributed by atoms with van der Waals surface area (Å²) in [6, 6.07) is 19.5. The van der Waals surface area contributed by atoms with Crippen LogP contribution in [0.1, 0.15) is 36.8 Å². The summed E-state index contributed by atoms with van der Waals surface area (Å²) >= 11 is 0. The lowest BCUT2D eigenvalue weighted by molar-refractivity contribution is 0.0979. The van der Waals surface area contributed by atoms with E-state index in [1.165, 1.54) is 6.07 Å². The minimum absolute atomic E-state index is 0.0219. The quantitative estimate of drug-likeness (QED) is 0.259. The lowest BCUT2D eigenvalue weighted by Crippen LogP contribution is -2.23. The number of hydrogen-bond acceptors (Lipinski definition) is 4. The molecule has 2 heterocycles. The maximum absolute atomic E-state index is 14.9. The maximum Gasteiger partial charge on any atom is 0.169 e. The van der Waals surface area contributed by atoms with E-state index in [0.717, 1.165) is 5.56 Å². The van der Waals surface area contributed by atoms with Crippen LogP contribution in [0.25, 0.3) is 22.3 Å². The Morgan fingerprint density at radius 1 is 1.06 bits per heavy atom. The van der Waals surface area contributed by atoms with Gasteiger partial charge in [0.15, 0.2) is 11.6 Å². The Balaban J connectivity index is 1.48. The van der Waals surface area contributed by atoms with E-state index in [0.29, 0.717) is 39.3 Å². The molecule has 2 unspecified atom stereocenters. The van der Waals surface area contributed by atoms with Crippen molar-refractivity contribution in [3.05, 3.63) is 102 Å². The van der Waals surface area contributed by atoms with E-state index in [9.17, 15) is 14.6 Å². The molecule has 0 saturated carbocycles. The van der Waals surface area contributed by atoms with Crippen molar-refractivity contribution < 1.29 is 19.3 Å². The third-order valence-corrected chi connectivity index (χ3v) is 5.98. The first-order valence-electron chi connectivity index (χ1n) is 10.9. The third-order valence-electron chi connectivity index (χ3n) is 5.98. The zero-order valence-corrected chi connectivity index (χ0v) is 18.7. The smallest absolute Gasteiger partial charge is 0.169 e. The summed E-state index contributed by atoms with van der Waals surface area (Å²) in [6.45, 7) is 3.28. The molecule has 0 fully saturated rings. The van der Waals surface area contributed by atoms with Gasteiger partial charge in [-0.1, -0.05) is 42.5 Å². The normalized spacial score (nSPS) is 14.1. The van der Waals surface area contributed by atoms with Gasteiger partial charge >= 0.3 is 0 Å². The van der Waals surface area contributed by atoms with Crippen LogP contribution in [0, 0.1) is 5.82 Å². The van der Waals surface area contributed by atoms with Crippen molar-refractivity contribution >= 4 is 10.9 Å². The van der Waals surface area contributed by atoms with Crippen LogP contribution < -0.4 is 4.74 Å². The van der Waals surface area contributed by atoms with Gasteiger partial charge in [-0.3, -0.25) is 0 Å². The van der Waals surface area contributed by atoms with E-state index in [1.54, 1.807) is 50.5 Å². The summed E-state index contributed by atoms with van der Waals surface area (Å²) in [4.78, 5) is 10.6. The third kappa shape index (κ3) is 3.85. The van der Waals surface area contributed by atoms with Gasteiger partial charge in [0.25, 0.3) is 0 Å². The van der Waals surface area contributed by atoms with Crippen LogP contribution >= 0.6 is 0 Å². The number of ether oxygens (including phenoxy) is 1. The van der Waals surface area contributed by atoms with Crippen molar-refractivity contribution in [2.75, 3.05) is 0 Å². The molecule has 5 aromatic rings. The van der Waals surface area contributed by atoms with E-state index in [4.69, 9.17) is 4.74 Å². The summed E-state index contributed by atoms with van der Waals surface area (Å²) in [5, 5.41) is 22.1. The topological polar surface area (TPSA) is 94.2 Å². The van der Waals surface area contributed by atoms with E-state index in [-0.39, 0.29) is 5.75 Å². The van der Waals surface area contributed by atoms with Gasteiger partial charge in [-0.25, -0.2) is 9.37 Å². The van der Waals surface area contributed by atoms with Crippen LogP contribution in [-0.4, -0.2) is 25.2 Å². The van der Waals surface area contributed by atoms with E-state index in [1.807, 2.05) is 36.4 Å². The molecule has 34 heavy (non-hydrogen) atoms. The SMILES string of the molecule is CC(O)c1c(Oc2cccc(-c3ncc(C(C)(O)c4ccccc4)[nH]3)c2)c(F)cc2[nH]ccc12. The number of fused-ring (bicyclic) bond motifs is 1. The zero-order chi connectivity index (χ0) is 23.9. The number of hydrogen-bond donors (Lipinski definition) is 4. The van der Waals surface area contributed by atoms with Gasteiger partial charge in [0, 0.05) is 34.3 Å². The Morgan fingerprint density at radius 2 is 1.85 bits per heavy atom. The summed E-state index contributed by atoms with van der Waals surface area (Å²) in [6.07, 6.45) is 2.36. The Kier molecular flexibility index (Phi) is 5.43. The Bertz CT molecular complexity index is 1450. The molecule has 2 aromatic heterocycles. The molecule has 6 nitrogen and oxygen atoms in total. The van der Waals surface area contributed by atoms with E-state index >= 15 is 0 Å². The number of rotatable bonds is 6. The minimum atomic E-state index is -1.25. The molecule has 0 aliphatic rings. The molecular weight excluding hydrogens is 433 g/mol. The van der Waals surface area contributed by atoms with Gasteiger partial charge < -0.3 is 24.9 Å². The van der Waals surface area contributed by atoms with Crippen LogP contribution in [0.3, 0.4) is 0 Å². The van der Waals surface area contributed by atoms with Crippen LogP contribution in [0.4, 0.5) is 4.39 Å². The van der Waals surface area contributed by atoms with Gasteiger partial charge in [-0.15, -0.1) is 0 Å². The van der Waals surface area contributed by atoms with Gasteiger partial charge in [0.05, 0.1) is 18.0 Å². The van der Waals surface area contributed by atoms with Gasteiger partial charge in [0.1, 0.15) is 17.2 Å².